The van der Waals surface area contributed by atoms with E-state index in [2.05, 4.69) is 22.1 Å². The molecule has 3 aromatic rings. The zero-order chi connectivity index (χ0) is 25.9. The summed E-state index contributed by atoms with van der Waals surface area (Å²) in [5.74, 6) is 4.95. The van der Waals surface area contributed by atoms with Gasteiger partial charge in [0.25, 0.3) is 11.8 Å². The van der Waals surface area contributed by atoms with Crippen LogP contribution in [-0.4, -0.2) is 47.2 Å². The lowest BCUT2D eigenvalue weighted by Crippen LogP contribution is -2.49. The first-order valence-corrected chi connectivity index (χ1v) is 11.4. The predicted molar refractivity (Wildman–Crippen MR) is 133 cm³/mol. The summed E-state index contributed by atoms with van der Waals surface area (Å²) in [6.07, 6.45) is 2.03. The Morgan fingerprint density at radius 3 is 2.67 bits per heavy atom. The summed E-state index contributed by atoms with van der Waals surface area (Å²) < 4.78 is 19.0. The first-order valence-electron chi connectivity index (χ1n) is 11.4. The summed E-state index contributed by atoms with van der Waals surface area (Å²) in [5.41, 5.74) is 1.87. The largest absolute Gasteiger partial charge is 0.489 e. The van der Waals surface area contributed by atoms with Crippen molar-refractivity contribution in [3.63, 3.8) is 0 Å². The molecule has 0 saturated carbocycles. The van der Waals surface area contributed by atoms with E-state index in [4.69, 9.17) is 4.74 Å². The van der Waals surface area contributed by atoms with Crippen LogP contribution in [0.2, 0.25) is 0 Å². The third-order valence-corrected chi connectivity index (χ3v) is 5.55. The average Bonchev–Trinajstić information content (AvgIpc) is 2.96. The zero-order valence-corrected chi connectivity index (χ0v) is 20.2. The Bertz CT molecular complexity index is 1350. The molecule has 0 unspecified atom stereocenters. The molecule has 4 rings (SSSR count). The second-order valence-corrected chi connectivity index (χ2v) is 9.08. The first-order chi connectivity index (χ1) is 17.1. The predicted octanol–water partition coefficient (Wildman–Crippen LogP) is 3.09. The molecule has 2 N–H and O–H groups in total. The quantitative estimate of drug-likeness (QED) is 0.552. The van der Waals surface area contributed by atoms with Crippen molar-refractivity contribution in [2.24, 2.45) is 0 Å². The monoisotopic (exact) mass is 487 g/mol. The smallest absolute Gasteiger partial charge is 0.270 e. The number of carbonyl (C=O) groups is 2. The lowest BCUT2D eigenvalue weighted by atomic mass is 10.1. The lowest BCUT2D eigenvalue weighted by molar-refractivity contribution is -0.120. The summed E-state index contributed by atoms with van der Waals surface area (Å²) in [7, 11) is 1.60. The van der Waals surface area contributed by atoms with Crippen LogP contribution in [-0.2, 0) is 11.2 Å². The van der Waals surface area contributed by atoms with Crippen LogP contribution in [0.5, 0.6) is 5.75 Å². The van der Waals surface area contributed by atoms with Crippen molar-refractivity contribution in [1.82, 2.24) is 10.3 Å². The van der Waals surface area contributed by atoms with E-state index in [0.29, 0.717) is 23.4 Å². The van der Waals surface area contributed by atoms with Crippen molar-refractivity contribution < 1.29 is 23.8 Å². The number of likely N-dealkylation sites (N-methyl/N-ethyl adjacent to an activating group) is 1. The number of benzene rings is 2. The minimum Gasteiger partial charge on any atom is -0.489 e. The first kappa shape index (κ1) is 24.9. The summed E-state index contributed by atoms with van der Waals surface area (Å²) in [6.45, 7) is 3.12. The molecule has 8 heteroatoms. The molecule has 0 aliphatic carbocycles. The lowest BCUT2D eigenvalue weighted by Gasteiger charge is -2.20. The normalized spacial score (nSPS) is 15.2. The van der Waals surface area contributed by atoms with Gasteiger partial charge in [-0.05, 0) is 73.9 Å². The Labute approximate surface area is 208 Å². The molecular weight excluding hydrogens is 461 g/mol. The number of carbonyl (C=O) groups excluding carboxylic acids is 2. The molecule has 0 bridgehead atoms. The summed E-state index contributed by atoms with van der Waals surface area (Å²) in [6, 6.07) is 13.8. The van der Waals surface area contributed by atoms with Crippen molar-refractivity contribution in [3.8, 4) is 17.6 Å². The molecule has 7 nitrogen and oxygen atoms in total. The number of rotatable bonds is 4. The number of ether oxygens (including phenoxy) is 1. The fourth-order valence-corrected chi connectivity index (χ4v) is 3.68. The van der Waals surface area contributed by atoms with Gasteiger partial charge in [0.05, 0.1) is 5.69 Å². The van der Waals surface area contributed by atoms with Crippen molar-refractivity contribution >= 4 is 17.5 Å². The Balaban J connectivity index is 1.48. The molecule has 1 aliphatic heterocycles. The van der Waals surface area contributed by atoms with Gasteiger partial charge in [-0.2, -0.15) is 0 Å². The van der Waals surface area contributed by atoms with Crippen LogP contribution in [0.3, 0.4) is 0 Å². The number of pyridine rings is 1. The highest BCUT2D eigenvalue weighted by Gasteiger charge is 2.31. The molecule has 2 heterocycles. The number of hydrogen-bond acceptors (Lipinski definition) is 5. The van der Waals surface area contributed by atoms with Gasteiger partial charge in [0.15, 0.2) is 0 Å². The van der Waals surface area contributed by atoms with Gasteiger partial charge in [-0.3, -0.25) is 14.6 Å². The van der Waals surface area contributed by atoms with E-state index in [0.717, 1.165) is 11.1 Å². The number of aromatic nitrogens is 1. The van der Waals surface area contributed by atoms with Gasteiger partial charge in [-0.15, -0.1) is 0 Å². The van der Waals surface area contributed by atoms with Gasteiger partial charge < -0.3 is 20.1 Å². The third-order valence-electron chi connectivity index (χ3n) is 5.55. The molecule has 2 amide bonds. The Hall–Kier alpha value is -4.22. The van der Waals surface area contributed by atoms with Crippen LogP contribution in [0.4, 0.5) is 10.1 Å². The molecule has 1 aromatic heterocycles. The highest BCUT2D eigenvalue weighted by Crippen LogP contribution is 2.31. The van der Waals surface area contributed by atoms with Crippen LogP contribution in [0.1, 0.15) is 41.0 Å². The van der Waals surface area contributed by atoms with E-state index in [9.17, 15) is 19.1 Å². The number of nitrogens with zero attached hydrogens (tertiary/aromatic N) is 2. The Morgan fingerprint density at radius 2 is 1.94 bits per heavy atom. The molecule has 0 fully saturated rings. The van der Waals surface area contributed by atoms with Gasteiger partial charge >= 0.3 is 0 Å². The van der Waals surface area contributed by atoms with Crippen LogP contribution >= 0.6 is 0 Å². The third kappa shape index (κ3) is 6.06. The molecule has 2 aromatic carbocycles. The molecule has 0 spiro atoms. The Morgan fingerprint density at radius 1 is 1.19 bits per heavy atom. The van der Waals surface area contributed by atoms with Crippen molar-refractivity contribution in [3.05, 3.63) is 89.0 Å². The van der Waals surface area contributed by atoms with Gasteiger partial charge in [-0.25, -0.2) is 4.39 Å². The molecule has 0 radical (unpaired) electrons. The fraction of sp³-hybridized carbons (Fsp3) is 0.250. The van der Waals surface area contributed by atoms with Crippen molar-refractivity contribution in [1.29, 1.82) is 0 Å². The van der Waals surface area contributed by atoms with Crippen LogP contribution in [0.15, 0.2) is 60.8 Å². The van der Waals surface area contributed by atoms with Crippen molar-refractivity contribution in [2.75, 3.05) is 18.6 Å². The number of halogens is 1. The van der Waals surface area contributed by atoms with Crippen molar-refractivity contribution in [2.45, 2.75) is 31.9 Å². The van der Waals surface area contributed by atoms with E-state index in [1.807, 2.05) is 0 Å². The second kappa shape index (κ2) is 10.2. The Kier molecular flexibility index (Phi) is 7.04. The molecular formula is C28H26FN3O4. The van der Waals surface area contributed by atoms with E-state index < -0.39 is 17.6 Å². The van der Waals surface area contributed by atoms with E-state index >= 15 is 0 Å². The van der Waals surface area contributed by atoms with Gasteiger partial charge in [0.2, 0.25) is 0 Å². The minimum atomic E-state index is -1.15. The maximum atomic E-state index is 13.2. The summed E-state index contributed by atoms with van der Waals surface area (Å²) in [5, 5.41) is 12.6. The standard InChI is InChI=1S/C28H26FN3O4/c1-28(2,35)12-10-19-6-9-25-24(16-19)32(3)27(34)23(17-36-25)31-26(33)22-15-20(11-13-30-22)14-18-4-7-21(29)8-5-18/h4-9,11,13,15-16,23,35H,14,17H2,1-3H3,(H,31,33)/t23-/m0/s1. The van der Waals surface area contributed by atoms with E-state index in [1.54, 1.807) is 63.4 Å². The fourth-order valence-electron chi connectivity index (χ4n) is 3.68. The molecule has 1 atom stereocenters. The number of aliphatic hydroxyl groups is 1. The highest BCUT2D eigenvalue weighted by atomic mass is 19.1. The summed E-state index contributed by atoms with van der Waals surface area (Å²) >= 11 is 0. The summed E-state index contributed by atoms with van der Waals surface area (Å²) in [4.78, 5) is 31.6. The zero-order valence-electron chi connectivity index (χ0n) is 20.2. The van der Waals surface area contributed by atoms with Gasteiger partial charge in [-0.1, -0.05) is 24.0 Å². The number of fused-ring (bicyclic) bond motifs is 1. The van der Waals surface area contributed by atoms with E-state index in [-0.39, 0.29) is 24.0 Å². The number of anilines is 1. The van der Waals surface area contributed by atoms with Gasteiger partial charge in [0, 0.05) is 18.8 Å². The maximum Gasteiger partial charge on any atom is 0.270 e. The highest BCUT2D eigenvalue weighted by molar-refractivity contribution is 6.03. The SMILES string of the molecule is CN1C(=O)[C@@H](NC(=O)c2cc(Cc3ccc(F)cc3)ccn2)COc2ccc(C#CC(C)(C)O)cc21. The van der Waals surface area contributed by atoms with E-state index in [1.165, 1.54) is 23.2 Å². The number of hydrogen-bond donors (Lipinski definition) is 2. The van der Waals surface area contributed by atoms with Gasteiger partial charge in [0.1, 0.15) is 35.5 Å². The number of amides is 2. The topological polar surface area (TPSA) is 91.8 Å². The molecule has 36 heavy (non-hydrogen) atoms. The average molecular weight is 488 g/mol. The maximum absolute atomic E-state index is 13.2. The molecule has 1 aliphatic rings. The van der Waals surface area contributed by atoms with Crippen LogP contribution in [0.25, 0.3) is 0 Å². The second-order valence-electron chi connectivity index (χ2n) is 9.08. The number of nitrogens with one attached hydrogen (secondary N) is 1. The van der Waals surface area contributed by atoms with Crippen LogP contribution in [0, 0.1) is 17.7 Å². The van der Waals surface area contributed by atoms with Crippen LogP contribution < -0.4 is 15.0 Å². The molecule has 184 valence electrons. The minimum absolute atomic E-state index is 0.0497. The molecule has 0 saturated heterocycles.